The third kappa shape index (κ3) is 4.68. The number of carbonyl (C=O) groups excluding carboxylic acids is 1. The fraction of sp³-hybridized carbons (Fsp3) is 0.208. The summed E-state index contributed by atoms with van der Waals surface area (Å²) in [5.74, 6) is -2.22. The fourth-order valence-corrected chi connectivity index (χ4v) is 3.70. The molecule has 32 heavy (non-hydrogen) atoms. The number of halogens is 1. The smallest absolute Gasteiger partial charge is 0.322 e. The van der Waals surface area contributed by atoms with Crippen LogP contribution in [-0.2, 0) is 9.59 Å². The number of hydrazone groups is 1. The number of rotatable bonds is 6. The lowest BCUT2D eigenvalue weighted by molar-refractivity contribution is -0.137. The zero-order valence-electron chi connectivity index (χ0n) is 18.0. The van der Waals surface area contributed by atoms with E-state index in [1.165, 1.54) is 5.01 Å². The molecular weight excluding hydrogens is 430 g/mol. The molecule has 3 N–H and O–H groups in total. The van der Waals surface area contributed by atoms with Crippen LogP contribution in [0.5, 0.6) is 0 Å². The van der Waals surface area contributed by atoms with Gasteiger partial charge in [0.2, 0.25) is 0 Å². The molecule has 1 aliphatic rings. The Hall–Kier alpha value is -3.58. The molecule has 0 atom stereocenters. The van der Waals surface area contributed by atoms with E-state index in [9.17, 15) is 14.7 Å². The molecule has 2 aromatic carbocycles. The number of nitrogens with one attached hydrogen (secondary N) is 1. The number of aliphatic carboxylic acids is 1. The lowest BCUT2D eigenvalue weighted by atomic mass is 9.88. The van der Waals surface area contributed by atoms with Crippen LogP contribution in [0.15, 0.2) is 59.3 Å². The number of nitrogens with zero attached hydrogens (tertiary/aromatic N) is 2. The van der Waals surface area contributed by atoms with Gasteiger partial charge in [-0.1, -0.05) is 54.9 Å². The van der Waals surface area contributed by atoms with Crippen molar-refractivity contribution in [3.8, 4) is 11.1 Å². The number of fused-ring (bicyclic) bond motifs is 1. The van der Waals surface area contributed by atoms with Gasteiger partial charge >= 0.3 is 5.97 Å². The molecule has 0 spiro atoms. The van der Waals surface area contributed by atoms with Crippen molar-refractivity contribution in [2.24, 2.45) is 5.10 Å². The highest BCUT2D eigenvalue weighted by atomic mass is 35.5. The van der Waals surface area contributed by atoms with Gasteiger partial charge in [0.15, 0.2) is 11.5 Å². The Bertz CT molecular complexity index is 1160. The number of aliphatic hydroxyl groups is 1. The first-order valence-electron chi connectivity index (χ1n) is 10.1. The van der Waals surface area contributed by atoms with Gasteiger partial charge in [-0.3, -0.25) is 9.59 Å². The van der Waals surface area contributed by atoms with E-state index in [1.54, 1.807) is 32.0 Å². The number of hydrogen-bond acceptors (Lipinski definition) is 5. The molecule has 0 aromatic heterocycles. The number of carboxylic acids is 1. The Balaban J connectivity index is 2.32. The summed E-state index contributed by atoms with van der Waals surface area (Å²) in [6.45, 7) is 4.91. The summed E-state index contributed by atoms with van der Waals surface area (Å²) in [6.07, 6.45) is 2.55. The number of aliphatic hydroxyl groups excluding tert-OH is 1. The van der Waals surface area contributed by atoms with Crippen LogP contribution >= 0.6 is 11.6 Å². The second kappa shape index (κ2) is 9.70. The van der Waals surface area contributed by atoms with E-state index in [0.29, 0.717) is 34.0 Å². The Kier molecular flexibility index (Phi) is 7.00. The van der Waals surface area contributed by atoms with Gasteiger partial charge in [0.1, 0.15) is 6.54 Å². The maximum Gasteiger partial charge on any atom is 0.322 e. The molecule has 0 fully saturated rings. The third-order valence-corrected chi connectivity index (χ3v) is 4.92. The minimum absolute atomic E-state index is 0.136. The lowest BCUT2D eigenvalue weighted by Crippen LogP contribution is -2.37. The number of hydrogen-bond donors (Lipinski definition) is 3. The molecule has 0 unspecified atom stereocenters. The van der Waals surface area contributed by atoms with E-state index in [-0.39, 0.29) is 11.5 Å². The number of allylic oxidation sites excluding steroid dienone is 1. The molecular formula is C24H24ClN3O4. The van der Waals surface area contributed by atoms with E-state index in [2.05, 4.69) is 10.4 Å². The Labute approximate surface area is 191 Å². The molecule has 0 saturated heterocycles. The number of benzene rings is 2. The topological polar surface area (TPSA) is 102 Å². The van der Waals surface area contributed by atoms with Crippen LogP contribution in [0.4, 0.5) is 0 Å². The SMILES string of the molecule is CCC=C1c2c(cccc2-c2cccc(Cl)c2)C(O)=C(C(=O)NCC(=O)O)N1N=C(C)C. The van der Waals surface area contributed by atoms with Gasteiger partial charge in [0, 0.05) is 21.9 Å². The van der Waals surface area contributed by atoms with Gasteiger partial charge in [0.25, 0.3) is 5.91 Å². The van der Waals surface area contributed by atoms with Crippen molar-refractivity contribution in [1.82, 2.24) is 10.3 Å². The van der Waals surface area contributed by atoms with Gasteiger partial charge in [-0.25, -0.2) is 5.01 Å². The first kappa shape index (κ1) is 23.1. The normalized spacial score (nSPS) is 14.2. The average molecular weight is 454 g/mol. The van der Waals surface area contributed by atoms with Gasteiger partial charge in [0.05, 0.1) is 5.70 Å². The minimum atomic E-state index is -1.19. The van der Waals surface area contributed by atoms with Crippen molar-refractivity contribution < 1.29 is 19.8 Å². The Morgan fingerprint density at radius 2 is 1.84 bits per heavy atom. The van der Waals surface area contributed by atoms with Gasteiger partial charge in [-0.2, -0.15) is 5.10 Å². The highest BCUT2D eigenvalue weighted by molar-refractivity contribution is 6.30. The van der Waals surface area contributed by atoms with E-state index >= 15 is 0 Å². The van der Waals surface area contributed by atoms with Gasteiger partial charge in [-0.05, 0) is 43.5 Å². The molecule has 2 aromatic rings. The quantitative estimate of drug-likeness (QED) is 0.540. The van der Waals surface area contributed by atoms with E-state index in [1.807, 2.05) is 37.3 Å². The maximum atomic E-state index is 12.9. The zero-order valence-corrected chi connectivity index (χ0v) is 18.8. The average Bonchev–Trinajstić information content (AvgIpc) is 2.74. The predicted molar refractivity (Wildman–Crippen MR) is 126 cm³/mol. The molecule has 3 rings (SSSR count). The van der Waals surface area contributed by atoms with Crippen LogP contribution in [0, 0.1) is 0 Å². The van der Waals surface area contributed by atoms with Crippen molar-refractivity contribution in [3.05, 3.63) is 70.4 Å². The van der Waals surface area contributed by atoms with Crippen molar-refractivity contribution in [3.63, 3.8) is 0 Å². The summed E-state index contributed by atoms with van der Waals surface area (Å²) in [5, 5.41) is 28.9. The molecule has 0 saturated carbocycles. The first-order chi connectivity index (χ1) is 15.2. The van der Waals surface area contributed by atoms with E-state index in [0.717, 1.165) is 11.1 Å². The minimum Gasteiger partial charge on any atom is -0.505 e. The second-order valence-corrected chi connectivity index (χ2v) is 7.81. The molecule has 1 amide bonds. The molecule has 166 valence electrons. The monoisotopic (exact) mass is 453 g/mol. The first-order valence-corrected chi connectivity index (χ1v) is 10.5. The summed E-state index contributed by atoms with van der Waals surface area (Å²) in [6, 6.07) is 12.8. The molecule has 0 bridgehead atoms. The standard InChI is InChI=1S/C24H24ClN3O4/c1-4-7-19-21-17(15-8-5-9-16(25)12-15)10-6-11-18(21)23(31)22(28(19)27-14(2)3)24(32)26-13-20(29)30/h5-12,31H,4,13H2,1-3H3,(H,26,32)(H,29,30). The van der Waals surface area contributed by atoms with Crippen LogP contribution in [0.1, 0.15) is 38.3 Å². The summed E-state index contributed by atoms with van der Waals surface area (Å²) >= 11 is 6.22. The van der Waals surface area contributed by atoms with Crippen LogP contribution in [0.2, 0.25) is 5.02 Å². The molecule has 0 aliphatic carbocycles. The van der Waals surface area contributed by atoms with Crippen LogP contribution < -0.4 is 5.32 Å². The summed E-state index contributed by atoms with van der Waals surface area (Å²) in [7, 11) is 0. The molecule has 1 heterocycles. The molecule has 8 heteroatoms. The van der Waals surface area contributed by atoms with E-state index in [4.69, 9.17) is 16.7 Å². The van der Waals surface area contributed by atoms with Crippen LogP contribution in [0.25, 0.3) is 22.6 Å². The molecule has 1 aliphatic heterocycles. The van der Waals surface area contributed by atoms with Crippen molar-refractivity contribution >= 4 is 40.6 Å². The second-order valence-electron chi connectivity index (χ2n) is 7.37. The third-order valence-electron chi connectivity index (χ3n) is 4.69. The van der Waals surface area contributed by atoms with Gasteiger partial charge in [-0.15, -0.1) is 0 Å². The summed E-state index contributed by atoms with van der Waals surface area (Å²) in [5.41, 5.74) is 3.93. The van der Waals surface area contributed by atoms with E-state index < -0.39 is 18.4 Å². The van der Waals surface area contributed by atoms with Gasteiger partial charge < -0.3 is 15.5 Å². The van der Waals surface area contributed by atoms with Crippen LogP contribution in [-0.4, -0.2) is 39.4 Å². The van der Waals surface area contributed by atoms with Crippen LogP contribution in [0.3, 0.4) is 0 Å². The number of carbonyl (C=O) groups is 2. The molecule has 7 nitrogen and oxygen atoms in total. The predicted octanol–water partition coefficient (Wildman–Crippen LogP) is 4.90. The largest absolute Gasteiger partial charge is 0.505 e. The fourth-order valence-electron chi connectivity index (χ4n) is 3.51. The number of carboxylic acid groups (broad SMARTS) is 1. The summed E-state index contributed by atoms with van der Waals surface area (Å²) in [4.78, 5) is 23.9. The van der Waals surface area contributed by atoms with Crippen molar-refractivity contribution in [1.29, 1.82) is 0 Å². The highest BCUT2D eigenvalue weighted by Gasteiger charge is 2.35. The maximum absolute atomic E-state index is 12.9. The highest BCUT2D eigenvalue weighted by Crippen LogP contribution is 2.43. The Morgan fingerprint density at radius 3 is 2.47 bits per heavy atom. The Morgan fingerprint density at radius 1 is 1.16 bits per heavy atom. The summed E-state index contributed by atoms with van der Waals surface area (Å²) < 4.78 is 0. The number of amides is 1. The van der Waals surface area contributed by atoms with Crippen molar-refractivity contribution in [2.45, 2.75) is 27.2 Å². The molecule has 0 radical (unpaired) electrons. The lowest BCUT2D eigenvalue weighted by Gasteiger charge is -2.32. The zero-order chi connectivity index (χ0) is 23.4. The van der Waals surface area contributed by atoms with Crippen molar-refractivity contribution in [2.75, 3.05) is 6.54 Å².